The fourth-order valence-corrected chi connectivity index (χ4v) is 4.56. The lowest BCUT2D eigenvalue weighted by Gasteiger charge is -2.21. The predicted molar refractivity (Wildman–Crippen MR) is 79.6 cm³/mol. The Morgan fingerprint density at radius 3 is 2.35 bits per heavy atom. The van der Waals surface area contributed by atoms with Gasteiger partial charge in [-0.15, -0.1) is 11.3 Å². The quantitative estimate of drug-likeness (QED) is 0.688. The minimum Gasteiger partial charge on any atom is -0.383 e. The van der Waals surface area contributed by atoms with Gasteiger partial charge in [0.1, 0.15) is 0 Å². The molecule has 1 aromatic heterocycles. The second kappa shape index (κ2) is 8.71. The zero-order valence-electron chi connectivity index (χ0n) is 12.1. The van der Waals surface area contributed by atoms with Crippen LogP contribution in [0, 0.1) is 0 Å². The first kappa shape index (κ1) is 17.5. The minimum atomic E-state index is -3.51. The van der Waals surface area contributed by atoms with Crippen molar-refractivity contribution in [1.82, 2.24) is 9.62 Å². The van der Waals surface area contributed by atoms with Gasteiger partial charge in [0.2, 0.25) is 10.0 Å². The van der Waals surface area contributed by atoms with Crippen molar-refractivity contribution in [3.63, 3.8) is 0 Å². The molecule has 0 aromatic carbocycles. The molecule has 0 spiro atoms. The van der Waals surface area contributed by atoms with Gasteiger partial charge in [-0.3, -0.25) is 0 Å². The highest BCUT2D eigenvalue weighted by atomic mass is 32.2. The molecule has 1 rings (SSSR count). The van der Waals surface area contributed by atoms with Crippen LogP contribution >= 0.6 is 11.3 Å². The summed E-state index contributed by atoms with van der Waals surface area (Å²) in [7, 11) is 1.39. The number of ether oxygens (including phenoxy) is 2. The second-order valence-corrected chi connectivity index (χ2v) is 7.04. The smallest absolute Gasteiger partial charge is 0.244 e. The van der Waals surface area contributed by atoms with Gasteiger partial charge in [0, 0.05) is 38.7 Å². The van der Waals surface area contributed by atoms with Gasteiger partial charge in [-0.05, 0) is 18.5 Å². The molecular formula is C12H22N2O4S2. The van der Waals surface area contributed by atoms with Crippen LogP contribution in [0.5, 0.6) is 0 Å². The molecule has 0 unspecified atom stereocenters. The average Bonchev–Trinajstić information content (AvgIpc) is 2.88. The Hall–Kier alpha value is -0.510. The summed E-state index contributed by atoms with van der Waals surface area (Å²) in [6.07, 6.45) is 0. The summed E-state index contributed by atoms with van der Waals surface area (Å²) >= 11 is 1.44. The molecule has 0 aliphatic carbocycles. The third kappa shape index (κ3) is 4.51. The van der Waals surface area contributed by atoms with Crippen LogP contribution in [0.1, 0.15) is 4.88 Å². The molecule has 0 aliphatic heterocycles. The molecule has 8 heteroatoms. The van der Waals surface area contributed by atoms with Crippen LogP contribution in [-0.2, 0) is 26.0 Å². The van der Waals surface area contributed by atoms with Gasteiger partial charge in [0.15, 0.2) is 0 Å². The third-order valence-electron chi connectivity index (χ3n) is 2.75. The first-order valence-electron chi connectivity index (χ1n) is 6.27. The molecule has 0 aliphatic rings. The number of rotatable bonds is 10. The van der Waals surface area contributed by atoms with E-state index in [2.05, 4.69) is 5.32 Å². The van der Waals surface area contributed by atoms with Crippen LogP contribution in [0.2, 0.25) is 0 Å². The first-order valence-corrected chi connectivity index (χ1v) is 8.58. The molecule has 0 saturated carbocycles. The number of methoxy groups -OCH3 is 2. The highest BCUT2D eigenvalue weighted by Crippen LogP contribution is 2.25. The Balaban J connectivity index is 2.98. The Labute approximate surface area is 124 Å². The molecule has 1 N–H and O–H groups in total. The van der Waals surface area contributed by atoms with Crippen LogP contribution in [0.15, 0.2) is 16.3 Å². The van der Waals surface area contributed by atoms with E-state index in [1.54, 1.807) is 32.7 Å². The zero-order chi connectivity index (χ0) is 15.0. The van der Waals surface area contributed by atoms with Gasteiger partial charge in [-0.1, -0.05) is 0 Å². The van der Waals surface area contributed by atoms with E-state index >= 15 is 0 Å². The molecular weight excluding hydrogens is 300 g/mol. The van der Waals surface area contributed by atoms with Gasteiger partial charge in [0.05, 0.1) is 18.1 Å². The van der Waals surface area contributed by atoms with Gasteiger partial charge >= 0.3 is 0 Å². The first-order chi connectivity index (χ1) is 9.57. The number of nitrogens with one attached hydrogen (secondary N) is 1. The third-order valence-corrected chi connectivity index (χ3v) is 5.78. The molecule has 116 valence electrons. The highest BCUT2D eigenvalue weighted by molar-refractivity contribution is 7.89. The topological polar surface area (TPSA) is 67.9 Å². The van der Waals surface area contributed by atoms with E-state index < -0.39 is 10.0 Å². The van der Waals surface area contributed by atoms with Crippen molar-refractivity contribution in [2.24, 2.45) is 0 Å². The number of nitrogens with zero attached hydrogens (tertiary/aromatic N) is 1. The molecule has 0 amide bonds. The highest BCUT2D eigenvalue weighted by Gasteiger charge is 2.27. The number of sulfonamides is 1. The predicted octanol–water partition coefficient (Wildman–Crippen LogP) is 0.751. The molecule has 0 atom stereocenters. The maximum atomic E-state index is 12.7. The zero-order valence-corrected chi connectivity index (χ0v) is 13.7. The fourth-order valence-electron chi connectivity index (χ4n) is 1.73. The van der Waals surface area contributed by atoms with Crippen LogP contribution in [-0.4, -0.2) is 60.3 Å². The van der Waals surface area contributed by atoms with Crippen molar-refractivity contribution in [3.05, 3.63) is 16.3 Å². The Kier molecular flexibility index (Phi) is 7.63. The Morgan fingerprint density at radius 2 is 1.85 bits per heavy atom. The maximum absolute atomic E-state index is 12.7. The van der Waals surface area contributed by atoms with E-state index in [4.69, 9.17) is 9.47 Å². The van der Waals surface area contributed by atoms with Crippen molar-refractivity contribution in [1.29, 1.82) is 0 Å². The summed E-state index contributed by atoms with van der Waals surface area (Å²) in [5.41, 5.74) is 0. The molecule has 1 aromatic rings. The van der Waals surface area contributed by atoms with Crippen LogP contribution < -0.4 is 5.32 Å². The van der Waals surface area contributed by atoms with Crippen molar-refractivity contribution in [2.45, 2.75) is 11.4 Å². The van der Waals surface area contributed by atoms with Crippen LogP contribution in [0.3, 0.4) is 0 Å². The Morgan fingerprint density at radius 1 is 1.25 bits per heavy atom. The van der Waals surface area contributed by atoms with E-state index in [0.29, 0.717) is 37.7 Å². The van der Waals surface area contributed by atoms with E-state index in [9.17, 15) is 8.42 Å². The largest absolute Gasteiger partial charge is 0.383 e. The number of hydrogen-bond acceptors (Lipinski definition) is 6. The second-order valence-electron chi connectivity index (χ2n) is 4.13. The summed E-state index contributed by atoms with van der Waals surface area (Å²) in [6.45, 7) is 1.88. The summed E-state index contributed by atoms with van der Waals surface area (Å²) < 4.78 is 36.8. The van der Waals surface area contributed by atoms with E-state index in [-0.39, 0.29) is 0 Å². The summed E-state index contributed by atoms with van der Waals surface area (Å²) in [4.78, 5) is 1.18. The molecule has 0 radical (unpaired) electrons. The maximum Gasteiger partial charge on any atom is 0.244 e. The van der Waals surface area contributed by atoms with Gasteiger partial charge in [0.25, 0.3) is 0 Å². The average molecular weight is 322 g/mol. The summed E-state index contributed by atoms with van der Waals surface area (Å²) in [5, 5.41) is 4.78. The van der Waals surface area contributed by atoms with E-state index in [1.165, 1.54) is 15.6 Å². The lowest BCUT2D eigenvalue weighted by molar-refractivity contribution is 0.150. The molecule has 0 bridgehead atoms. The van der Waals surface area contributed by atoms with Crippen LogP contribution in [0.25, 0.3) is 0 Å². The molecule has 0 fully saturated rings. The fraction of sp³-hybridized carbons (Fsp3) is 0.667. The number of thiophene rings is 1. The standard InChI is InChI=1S/C12H22N2O4S2/c1-13-10-11-12(4-9-19-11)20(15,16)14(5-7-17-2)6-8-18-3/h4,9,13H,5-8,10H2,1-3H3. The van der Waals surface area contributed by atoms with Crippen molar-refractivity contribution < 1.29 is 17.9 Å². The van der Waals surface area contributed by atoms with Crippen molar-refractivity contribution in [3.8, 4) is 0 Å². The normalized spacial score (nSPS) is 12.2. The van der Waals surface area contributed by atoms with Gasteiger partial charge < -0.3 is 14.8 Å². The monoisotopic (exact) mass is 322 g/mol. The van der Waals surface area contributed by atoms with Crippen molar-refractivity contribution in [2.75, 3.05) is 47.6 Å². The molecule has 1 heterocycles. The summed E-state index contributed by atoms with van der Waals surface area (Å²) in [6, 6.07) is 1.65. The lowest BCUT2D eigenvalue weighted by atomic mass is 10.5. The van der Waals surface area contributed by atoms with Gasteiger partial charge in [-0.25, -0.2) is 8.42 Å². The van der Waals surface area contributed by atoms with Gasteiger partial charge in [-0.2, -0.15) is 4.31 Å². The van der Waals surface area contributed by atoms with E-state index in [0.717, 1.165) is 4.88 Å². The molecule has 0 saturated heterocycles. The SMILES string of the molecule is CNCc1sccc1S(=O)(=O)N(CCOC)CCOC. The Bertz CT molecular complexity index is 479. The van der Waals surface area contributed by atoms with E-state index in [1.807, 2.05) is 0 Å². The minimum absolute atomic E-state index is 0.317. The number of hydrogen-bond donors (Lipinski definition) is 1. The molecule has 20 heavy (non-hydrogen) atoms. The van der Waals surface area contributed by atoms with Crippen LogP contribution in [0.4, 0.5) is 0 Å². The summed E-state index contributed by atoms with van der Waals surface area (Å²) in [5.74, 6) is 0. The lowest BCUT2D eigenvalue weighted by Crippen LogP contribution is -2.36. The molecule has 6 nitrogen and oxygen atoms in total. The van der Waals surface area contributed by atoms with Crippen molar-refractivity contribution >= 4 is 21.4 Å².